The van der Waals surface area contributed by atoms with Crippen LogP contribution in [-0.2, 0) is 14.3 Å². The summed E-state index contributed by atoms with van der Waals surface area (Å²) in [7, 11) is 0. The minimum atomic E-state index is -0.782. The van der Waals surface area contributed by atoms with Crippen molar-refractivity contribution in [2.24, 2.45) is 5.73 Å². The van der Waals surface area contributed by atoms with E-state index in [9.17, 15) is 14.4 Å². The molecular weight excluding hydrogens is 394 g/mol. The summed E-state index contributed by atoms with van der Waals surface area (Å²) in [5.74, 6) is -1.05. The van der Waals surface area contributed by atoms with Crippen molar-refractivity contribution in [1.82, 2.24) is 5.32 Å². The maximum absolute atomic E-state index is 12.5. The molecule has 0 aliphatic carbocycles. The maximum atomic E-state index is 12.5. The number of nitrogens with one attached hydrogen (secondary N) is 1. The number of nitrogens with zero attached hydrogens (tertiary/aromatic N) is 1. The van der Waals surface area contributed by atoms with Gasteiger partial charge in [0.1, 0.15) is 0 Å². The van der Waals surface area contributed by atoms with E-state index in [1.54, 1.807) is 54.6 Å². The molecule has 0 heterocycles. The summed E-state index contributed by atoms with van der Waals surface area (Å²) in [5, 5.41) is 3.01. The number of primary amides is 1. The van der Waals surface area contributed by atoms with Gasteiger partial charge in [-0.25, -0.2) is 4.79 Å². The second kappa shape index (κ2) is 10.9. The van der Waals surface area contributed by atoms with Crippen LogP contribution in [0.5, 0.6) is 0 Å². The molecule has 0 aliphatic heterocycles. The molecule has 3 amide bonds. The van der Waals surface area contributed by atoms with Crippen molar-refractivity contribution in [3.8, 4) is 0 Å². The predicted molar refractivity (Wildman–Crippen MR) is 111 cm³/mol. The number of halogens is 1. The second-order valence-corrected chi connectivity index (χ2v) is 6.54. The summed E-state index contributed by atoms with van der Waals surface area (Å²) in [4.78, 5) is 37.5. The quantitative estimate of drug-likeness (QED) is 0.485. The first-order chi connectivity index (χ1) is 13.9. The molecule has 3 N–H and O–H groups in total. The molecular formula is C21H22ClN3O4. The zero-order chi connectivity index (χ0) is 21.2. The molecule has 0 radical (unpaired) electrons. The summed E-state index contributed by atoms with van der Waals surface area (Å²) >= 11 is 5.87. The molecule has 0 spiro atoms. The average molecular weight is 416 g/mol. The van der Waals surface area contributed by atoms with Crippen LogP contribution in [0.15, 0.2) is 67.3 Å². The second-order valence-electron chi connectivity index (χ2n) is 6.11. The van der Waals surface area contributed by atoms with Gasteiger partial charge in [0.25, 0.3) is 5.91 Å². The van der Waals surface area contributed by atoms with Gasteiger partial charge in [0.2, 0.25) is 0 Å². The zero-order valence-corrected chi connectivity index (χ0v) is 16.5. The normalized spacial score (nSPS) is 11.2. The molecule has 7 nitrogen and oxygen atoms in total. The zero-order valence-electron chi connectivity index (χ0n) is 15.7. The lowest BCUT2D eigenvalue weighted by molar-refractivity contribution is -0.148. The molecule has 0 fully saturated rings. The molecule has 0 unspecified atom stereocenters. The molecule has 0 bridgehead atoms. The van der Waals surface area contributed by atoms with E-state index in [4.69, 9.17) is 22.1 Å². The number of hydrogen-bond acceptors (Lipinski definition) is 4. The Balaban J connectivity index is 2.00. The number of nitrogens with two attached hydrogens (primary N) is 1. The van der Waals surface area contributed by atoms with Crippen LogP contribution in [0, 0.1) is 0 Å². The van der Waals surface area contributed by atoms with Gasteiger partial charge in [-0.2, -0.15) is 0 Å². The first-order valence-corrected chi connectivity index (χ1v) is 9.22. The first-order valence-electron chi connectivity index (χ1n) is 8.84. The lowest BCUT2D eigenvalue weighted by atomic mass is 10.0. The van der Waals surface area contributed by atoms with Gasteiger partial charge in [-0.1, -0.05) is 48.0 Å². The van der Waals surface area contributed by atoms with Crippen molar-refractivity contribution in [2.45, 2.75) is 12.5 Å². The summed E-state index contributed by atoms with van der Waals surface area (Å²) < 4.78 is 5.13. The number of carbonyl (C=O) groups is 3. The fourth-order valence-electron chi connectivity index (χ4n) is 2.65. The third kappa shape index (κ3) is 6.97. The van der Waals surface area contributed by atoms with Crippen LogP contribution in [0.25, 0.3) is 0 Å². The maximum Gasteiger partial charge on any atom is 0.312 e. The molecule has 1 atom stereocenters. The van der Waals surface area contributed by atoms with Crippen molar-refractivity contribution in [3.05, 3.63) is 77.8 Å². The largest absolute Gasteiger partial charge is 0.455 e. The van der Waals surface area contributed by atoms with Crippen LogP contribution < -0.4 is 16.0 Å². The van der Waals surface area contributed by atoms with Crippen molar-refractivity contribution < 1.29 is 19.1 Å². The summed E-state index contributed by atoms with van der Waals surface area (Å²) in [5.41, 5.74) is 6.50. The smallest absolute Gasteiger partial charge is 0.312 e. The van der Waals surface area contributed by atoms with Crippen LogP contribution in [0.2, 0.25) is 5.02 Å². The Bertz CT molecular complexity index is 856. The minimum absolute atomic E-state index is 0.190. The van der Waals surface area contributed by atoms with E-state index >= 15 is 0 Å². The Morgan fingerprint density at radius 1 is 1.14 bits per heavy atom. The van der Waals surface area contributed by atoms with Crippen LogP contribution >= 0.6 is 11.6 Å². The van der Waals surface area contributed by atoms with Crippen molar-refractivity contribution in [2.75, 3.05) is 18.1 Å². The molecule has 8 heteroatoms. The predicted octanol–water partition coefficient (Wildman–Crippen LogP) is 3.20. The topological polar surface area (TPSA) is 102 Å². The lowest BCUT2D eigenvalue weighted by Gasteiger charge is -2.21. The van der Waals surface area contributed by atoms with Gasteiger partial charge in [-0.15, -0.1) is 6.58 Å². The lowest BCUT2D eigenvalue weighted by Crippen LogP contribution is -2.36. The Morgan fingerprint density at radius 2 is 1.79 bits per heavy atom. The van der Waals surface area contributed by atoms with E-state index < -0.39 is 30.6 Å². The Morgan fingerprint density at radius 3 is 2.38 bits per heavy atom. The third-order valence-corrected chi connectivity index (χ3v) is 4.25. The number of ether oxygens (including phenoxy) is 1. The minimum Gasteiger partial charge on any atom is -0.455 e. The standard InChI is InChI=1S/C21H22ClN3O4/c1-2-12-25(17-6-4-3-5-7-17)19(26)14-29-20(27)13-18(24-21(23)28)15-8-10-16(22)11-9-15/h2-11,18H,1,12-14H2,(H3,23,24,28)/t18-/m1/s1. The molecule has 0 aliphatic rings. The highest BCUT2D eigenvalue weighted by atomic mass is 35.5. The molecule has 29 heavy (non-hydrogen) atoms. The van der Waals surface area contributed by atoms with Gasteiger partial charge in [0, 0.05) is 17.3 Å². The summed E-state index contributed by atoms with van der Waals surface area (Å²) in [6.07, 6.45) is 1.39. The molecule has 0 saturated carbocycles. The fraction of sp³-hybridized carbons (Fsp3) is 0.190. The Hall–Kier alpha value is -3.32. The number of esters is 1. The highest BCUT2D eigenvalue weighted by Gasteiger charge is 2.21. The summed E-state index contributed by atoms with van der Waals surface area (Å²) in [6.45, 7) is 3.48. The van der Waals surface area contributed by atoms with Gasteiger partial charge >= 0.3 is 12.0 Å². The first kappa shape index (κ1) is 22.0. The van der Waals surface area contributed by atoms with Gasteiger partial charge in [-0.05, 0) is 29.8 Å². The molecule has 2 aromatic carbocycles. The number of benzene rings is 2. The van der Waals surface area contributed by atoms with Crippen LogP contribution in [-0.4, -0.2) is 31.1 Å². The number of amides is 3. The molecule has 0 saturated heterocycles. The number of anilines is 1. The molecule has 2 rings (SSSR count). The van der Waals surface area contributed by atoms with Gasteiger partial charge in [-0.3, -0.25) is 9.59 Å². The number of para-hydroxylation sites is 1. The van der Waals surface area contributed by atoms with E-state index in [0.717, 1.165) is 0 Å². The van der Waals surface area contributed by atoms with Crippen molar-refractivity contribution in [1.29, 1.82) is 0 Å². The van der Waals surface area contributed by atoms with Crippen LogP contribution in [0.3, 0.4) is 0 Å². The highest BCUT2D eigenvalue weighted by Crippen LogP contribution is 2.20. The third-order valence-electron chi connectivity index (χ3n) is 4.00. The summed E-state index contributed by atoms with van der Waals surface area (Å²) in [6, 6.07) is 14.1. The van der Waals surface area contributed by atoms with E-state index in [1.165, 1.54) is 4.90 Å². The van der Waals surface area contributed by atoms with Gasteiger partial charge in [0.15, 0.2) is 6.61 Å². The van der Waals surface area contributed by atoms with Crippen LogP contribution in [0.1, 0.15) is 18.0 Å². The van der Waals surface area contributed by atoms with Crippen molar-refractivity contribution in [3.63, 3.8) is 0 Å². The SMILES string of the molecule is C=CCN(C(=O)COC(=O)C[C@@H](NC(N)=O)c1ccc(Cl)cc1)c1ccccc1. The average Bonchev–Trinajstić information content (AvgIpc) is 2.70. The van der Waals surface area contributed by atoms with E-state index in [-0.39, 0.29) is 13.0 Å². The Labute approximate surface area is 174 Å². The number of rotatable bonds is 9. The van der Waals surface area contributed by atoms with Gasteiger partial charge < -0.3 is 20.7 Å². The number of urea groups is 1. The highest BCUT2D eigenvalue weighted by molar-refractivity contribution is 6.30. The molecule has 152 valence electrons. The fourth-order valence-corrected chi connectivity index (χ4v) is 2.78. The monoisotopic (exact) mass is 415 g/mol. The van der Waals surface area contributed by atoms with E-state index in [0.29, 0.717) is 16.3 Å². The molecule has 0 aromatic heterocycles. The molecule has 2 aromatic rings. The van der Waals surface area contributed by atoms with E-state index in [2.05, 4.69) is 11.9 Å². The van der Waals surface area contributed by atoms with Gasteiger partial charge in [0.05, 0.1) is 12.5 Å². The van der Waals surface area contributed by atoms with E-state index in [1.807, 2.05) is 6.07 Å². The number of hydrogen-bond donors (Lipinski definition) is 2. The number of carbonyl (C=O) groups excluding carboxylic acids is 3. The van der Waals surface area contributed by atoms with Crippen LogP contribution in [0.4, 0.5) is 10.5 Å². The Kier molecular flexibility index (Phi) is 8.24. The van der Waals surface area contributed by atoms with Crippen molar-refractivity contribution >= 4 is 35.2 Å².